The summed E-state index contributed by atoms with van der Waals surface area (Å²) >= 11 is 0. The summed E-state index contributed by atoms with van der Waals surface area (Å²) in [7, 11) is 0. The smallest absolute Gasteiger partial charge is 0.0629 e. The second-order valence-corrected chi connectivity index (χ2v) is 11.4. The van der Waals surface area contributed by atoms with Crippen molar-refractivity contribution in [3.63, 3.8) is 0 Å². The number of anilines is 5. The van der Waals surface area contributed by atoms with Crippen molar-refractivity contribution in [3.05, 3.63) is 188 Å². The van der Waals surface area contributed by atoms with Gasteiger partial charge in [0.05, 0.1) is 6.04 Å². The maximum atomic E-state index is 2.48. The number of rotatable bonds is 6. The first-order valence-electron chi connectivity index (χ1n) is 15.3. The highest BCUT2D eigenvalue weighted by atomic mass is 15.2. The summed E-state index contributed by atoms with van der Waals surface area (Å²) in [6, 6.07) is 57.0. The summed E-state index contributed by atoms with van der Waals surface area (Å²) in [5, 5.41) is 0. The first kappa shape index (κ1) is 26.1. The van der Waals surface area contributed by atoms with Gasteiger partial charge in [0.2, 0.25) is 0 Å². The third-order valence-corrected chi connectivity index (χ3v) is 8.81. The Balaban J connectivity index is 1.11. The maximum Gasteiger partial charge on any atom is 0.0629 e. The summed E-state index contributed by atoms with van der Waals surface area (Å²) in [5.41, 5.74) is 12.2. The van der Waals surface area contributed by atoms with E-state index >= 15 is 0 Å². The van der Waals surface area contributed by atoms with E-state index in [-0.39, 0.29) is 0 Å². The number of nitrogens with zero attached hydrogens (tertiary/aromatic N) is 2. The van der Waals surface area contributed by atoms with Gasteiger partial charge in [-0.15, -0.1) is 0 Å². The van der Waals surface area contributed by atoms with Gasteiger partial charge in [-0.25, -0.2) is 0 Å². The second-order valence-electron chi connectivity index (χ2n) is 11.4. The zero-order valence-electron chi connectivity index (χ0n) is 24.4. The van der Waals surface area contributed by atoms with Crippen molar-refractivity contribution in [2.75, 3.05) is 9.80 Å². The highest BCUT2D eigenvalue weighted by Gasteiger charge is 2.36. The van der Waals surface area contributed by atoms with Gasteiger partial charge < -0.3 is 9.80 Å². The van der Waals surface area contributed by atoms with Crippen LogP contribution in [0.1, 0.15) is 11.5 Å². The molecule has 210 valence electrons. The molecule has 1 heterocycles. The third-order valence-electron chi connectivity index (χ3n) is 8.81. The molecular formula is C42H32N2. The molecular weight excluding hydrogens is 532 g/mol. The van der Waals surface area contributed by atoms with Crippen molar-refractivity contribution in [2.45, 2.75) is 12.0 Å². The molecule has 44 heavy (non-hydrogen) atoms. The summed E-state index contributed by atoms with van der Waals surface area (Å²) in [5.74, 6) is 0.379. The molecule has 2 heteroatoms. The monoisotopic (exact) mass is 564 g/mol. The van der Waals surface area contributed by atoms with E-state index in [0.29, 0.717) is 12.0 Å². The minimum Gasteiger partial charge on any atom is -0.333 e. The van der Waals surface area contributed by atoms with Crippen molar-refractivity contribution < 1.29 is 0 Å². The summed E-state index contributed by atoms with van der Waals surface area (Å²) < 4.78 is 0. The Labute approximate surface area is 259 Å². The lowest BCUT2D eigenvalue weighted by Gasteiger charge is -2.30. The van der Waals surface area contributed by atoms with Crippen LogP contribution in [0.4, 0.5) is 28.4 Å². The molecule has 0 saturated heterocycles. The topological polar surface area (TPSA) is 6.48 Å². The summed E-state index contributed by atoms with van der Waals surface area (Å²) in [6.07, 6.45) is 9.00. The predicted octanol–water partition coefficient (Wildman–Crippen LogP) is 11.2. The van der Waals surface area contributed by atoms with Crippen LogP contribution < -0.4 is 9.80 Å². The fourth-order valence-electron chi connectivity index (χ4n) is 6.67. The van der Waals surface area contributed by atoms with Gasteiger partial charge in [-0.05, 0) is 82.4 Å². The third kappa shape index (κ3) is 4.71. The average Bonchev–Trinajstić information content (AvgIpc) is 3.44. The van der Waals surface area contributed by atoms with E-state index in [1.165, 1.54) is 39.2 Å². The minimum absolute atomic E-state index is 0.294. The van der Waals surface area contributed by atoms with Crippen LogP contribution in [0.5, 0.6) is 0 Å². The van der Waals surface area contributed by atoms with Crippen LogP contribution in [0.15, 0.2) is 182 Å². The van der Waals surface area contributed by atoms with E-state index in [1.54, 1.807) is 0 Å². The summed E-state index contributed by atoms with van der Waals surface area (Å²) in [4.78, 5) is 4.81. The van der Waals surface area contributed by atoms with Crippen LogP contribution in [0.25, 0.3) is 22.3 Å². The van der Waals surface area contributed by atoms with Crippen molar-refractivity contribution in [3.8, 4) is 22.3 Å². The lowest BCUT2D eigenvalue weighted by Crippen LogP contribution is -2.28. The molecule has 0 spiro atoms. The number of hydrogen-bond donors (Lipinski definition) is 0. The SMILES string of the molecule is C1=CC2c3ccccc3N(c3ccc(N(c4ccccc4)c4ccc(-c5ccc(-c6ccccc6)cc5)cc4)cc3)C2C=C1. The first-order chi connectivity index (χ1) is 21.8. The Morgan fingerprint density at radius 1 is 0.409 bits per heavy atom. The Kier molecular flexibility index (Phi) is 6.66. The van der Waals surface area contributed by atoms with Crippen molar-refractivity contribution in [1.82, 2.24) is 0 Å². The molecule has 8 rings (SSSR count). The van der Waals surface area contributed by atoms with Crippen LogP contribution in [-0.4, -0.2) is 6.04 Å². The molecule has 1 aliphatic heterocycles. The van der Waals surface area contributed by atoms with Gasteiger partial charge in [0.1, 0.15) is 0 Å². The van der Waals surface area contributed by atoms with Gasteiger partial charge in [-0.1, -0.05) is 127 Å². The molecule has 0 saturated carbocycles. The molecule has 2 nitrogen and oxygen atoms in total. The number of para-hydroxylation sites is 2. The van der Waals surface area contributed by atoms with Crippen LogP contribution in [0.3, 0.4) is 0 Å². The van der Waals surface area contributed by atoms with Gasteiger partial charge in [-0.3, -0.25) is 0 Å². The molecule has 0 amide bonds. The Bertz CT molecular complexity index is 1940. The van der Waals surface area contributed by atoms with Gasteiger partial charge in [0.25, 0.3) is 0 Å². The van der Waals surface area contributed by atoms with Crippen LogP contribution in [0.2, 0.25) is 0 Å². The van der Waals surface area contributed by atoms with Crippen LogP contribution in [-0.2, 0) is 0 Å². The lowest BCUT2D eigenvalue weighted by atomic mass is 9.91. The molecule has 0 aromatic heterocycles. The fourth-order valence-corrected chi connectivity index (χ4v) is 6.67. The van der Waals surface area contributed by atoms with Crippen LogP contribution in [0, 0.1) is 0 Å². The molecule has 0 fully saturated rings. The van der Waals surface area contributed by atoms with Gasteiger partial charge in [0.15, 0.2) is 0 Å². The number of benzene rings is 6. The molecule has 2 atom stereocenters. The average molecular weight is 565 g/mol. The van der Waals surface area contributed by atoms with Crippen molar-refractivity contribution >= 4 is 28.4 Å². The maximum absolute atomic E-state index is 2.48. The number of hydrogen-bond acceptors (Lipinski definition) is 2. The highest BCUT2D eigenvalue weighted by molar-refractivity contribution is 5.81. The predicted molar refractivity (Wildman–Crippen MR) is 185 cm³/mol. The number of allylic oxidation sites excluding steroid dienone is 2. The normalized spacial score (nSPS) is 16.4. The highest BCUT2D eigenvalue weighted by Crippen LogP contribution is 2.48. The lowest BCUT2D eigenvalue weighted by molar-refractivity contribution is 0.745. The number of fused-ring (bicyclic) bond motifs is 3. The van der Waals surface area contributed by atoms with Crippen LogP contribution >= 0.6 is 0 Å². The minimum atomic E-state index is 0.294. The molecule has 2 aliphatic rings. The molecule has 0 radical (unpaired) electrons. The van der Waals surface area contributed by atoms with Crippen molar-refractivity contribution in [2.24, 2.45) is 0 Å². The zero-order valence-corrected chi connectivity index (χ0v) is 24.4. The Morgan fingerprint density at radius 3 is 1.55 bits per heavy atom. The van der Waals surface area contributed by atoms with E-state index in [2.05, 4.69) is 192 Å². The molecule has 2 unspecified atom stereocenters. The van der Waals surface area contributed by atoms with E-state index in [9.17, 15) is 0 Å². The second kappa shape index (κ2) is 11.2. The molecule has 6 aromatic rings. The van der Waals surface area contributed by atoms with Gasteiger partial charge in [0, 0.05) is 34.4 Å². The standard InChI is InChI=1S/C42H32N2/c1-3-11-31(12-4-1)32-19-21-33(22-20-32)34-23-25-36(26-24-34)43(35-13-5-2-6-14-35)37-27-29-38(30-28-37)44-41-17-9-7-15-39(41)40-16-8-10-18-42(40)44/h1-30,39,41H. The largest absolute Gasteiger partial charge is 0.333 e. The van der Waals surface area contributed by atoms with Gasteiger partial charge >= 0.3 is 0 Å². The zero-order chi connectivity index (χ0) is 29.3. The van der Waals surface area contributed by atoms with E-state index in [4.69, 9.17) is 0 Å². The quantitative estimate of drug-likeness (QED) is 0.198. The molecule has 0 N–H and O–H groups in total. The molecule has 6 aromatic carbocycles. The summed E-state index contributed by atoms with van der Waals surface area (Å²) in [6.45, 7) is 0. The fraction of sp³-hybridized carbons (Fsp3) is 0.0476. The van der Waals surface area contributed by atoms with Gasteiger partial charge in [-0.2, -0.15) is 0 Å². The van der Waals surface area contributed by atoms with E-state index in [0.717, 1.165) is 17.1 Å². The molecule has 0 bridgehead atoms. The molecule has 1 aliphatic carbocycles. The van der Waals surface area contributed by atoms with E-state index < -0.39 is 0 Å². The Hall–Kier alpha value is -5.60. The Morgan fingerprint density at radius 2 is 0.886 bits per heavy atom. The van der Waals surface area contributed by atoms with E-state index in [1.807, 2.05) is 0 Å². The first-order valence-corrected chi connectivity index (χ1v) is 15.3. The van der Waals surface area contributed by atoms with Crippen molar-refractivity contribution in [1.29, 1.82) is 0 Å².